The van der Waals surface area contributed by atoms with E-state index in [-0.39, 0.29) is 31.0 Å². The van der Waals surface area contributed by atoms with E-state index in [9.17, 15) is 9.59 Å². The number of aryl methyl sites for hydroxylation is 1. The van der Waals surface area contributed by atoms with Gasteiger partial charge in [0.25, 0.3) is 5.91 Å². The van der Waals surface area contributed by atoms with Crippen molar-refractivity contribution in [2.45, 2.75) is 59.2 Å². The van der Waals surface area contributed by atoms with Gasteiger partial charge >= 0.3 is 0 Å². The van der Waals surface area contributed by atoms with Crippen LogP contribution in [-0.2, 0) is 22.6 Å². The maximum absolute atomic E-state index is 13.1. The van der Waals surface area contributed by atoms with E-state index in [1.165, 1.54) is 5.56 Å². The SMILES string of the molecule is CCc1ccc(OCC(=O)N(Cc2cccc(OC)c2)[C@H](C)C(=O)N[C@H](C)CC)cc1. The van der Waals surface area contributed by atoms with Crippen LogP contribution in [0.25, 0.3) is 0 Å². The molecule has 0 heterocycles. The summed E-state index contributed by atoms with van der Waals surface area (Å²) in [7, 11) is 1.60. The molecular weight excluding hydrogens is 392 g/mol. The third-order valence-electron chi connectivity index (χ3n) is 5.35. The quantitative estimate of drug-likeness (QED) is 0.590. The lowest BCUT2D eigenvalue weighted by Crippen LogP contribution is -2.50. The molecule has 0 aromatic heterocycles. The van der Waals surface area contributed by atoms with Crippen molar-refractivity contribution in [1.82, 2.24) is 10.2 Å². The third kappa shape index (κ3) is 7.31. The average Bonchev–Trinajstić information content (AvgIpc) is 2.80. The molecule has 0 aliphatic carbocycles. The number of carbonyl (C=O) groups excluding carboxylic acids is 2. The first-order valence-electron chi connectivity index (χ1n) is 10.8. The van der Waals surface area contributed by atoms with Crippen molar-refractivity contribution in [2.24, 2.45) is 0 Å². The Labute approximate surface area is 185 Å². The Hall–Kier alpha value is -3.02. The van der Waals surface area contributed by atoms with Crippen LogP contribution in [0.4, 0.5) is 0 Å². The van der Waals surface area contributed by atoms with Crippen molar-refractivity contribution in [3.05, 3.63) is 59.7 Å². The molecule has 2 aromatic rings. The van der Waals surface area contributed by atoms with Crippen LogP contribution in [0.2, 0.25) is 0 Å². The molecule has 6 heteroatoms. The fraction of sp³-hybridized carbons (Fsp3) is 0.440. The van der Waals surface area contributed by atoms with Gasteiger partial charge in [-0.2, -0.15) is 0 Å². The van der Waals surface area contributed by atoms with E-state index in [1.54, 1.807) is 18.9 Å². The van der Waals surface area contributed by atoms with E-state index in [0.29, 0.717) is 11.5 Å². The Balaban J connectivity index is 2.15. The normalized spacial score (nSPS) is 12.5. The molecule has 2 atom stereocenters. The maximum Gasteiger partial charge on any atom is 0.261 e. The van der Waals surface area contributed by atoms with E-state index in [4.69, 9.17) is 9.47 Å². The number of hydrogen-bond acceptors (Lipinski definition) is 4. The van der Waals surface area contributed by atoms with Gasteiger partial charge in [-0.15, -0.1) is 0 Å². The summed E-state index contributed by atoms with van der Waals surface area (Å²) in [6.07, 6.45) is 1.76. The highest BCUT2D eigenvalue weighted by molar-refractivity contribution is 5.88. The molecule has 2 aromatic carbocycles. The fourth-order valence-corrected chi connectivity index (χ4v) is 3.07. The summed E-state index contributed by atoms with van der Waals surface area (Å²) >= 11 is 0. The summed E-state index contributed by atoms with van der Waals surface area (Å²) in [5.41, 5.74) is 2.08. The van der Waals surface area contributed by atoms with Crippen LogP contribution in [0, 0.1) is 0 Å². The van der Waals surface area contributed by atoms with E-state index >= 15 is 0 Å². The predicted octanol–water partition coefficient (Wildman–Crippen LogP) is 3.97. The maximum atomic E-state index is 13.1. The number of nitrogens with zero attached hydrogens (tertiary/aromatic N) is 1. The number of rotatable bonds is 11. The summed E-state index contributed by atoms with van der Waals surface area (Å²) in [6, 6.07) is 14.6. The van der Waals surface area contributed by atoms with E-state index < -0.39 is 6.04 Å². The molecule has 1 N–H and O–H groups in total. The van der Waals surface area contributed by atoms with Gasteiger partial charge in [0.05, 0.1) is 7.11 Å². The lowest BCUT2D eigenvalue weighted by atomic mass is 10.1. The number of amides is 2. The molecular formula is C25H34N2O4. The minimum absolute atomic E-state index is 0.0389. The van der Waals surface area contributed by atoms with Crippen molar-refractivity contribution in [3.8, 4) is 11.5 Å². The van der Waals surface area contributed by atoms with Gasteiger partial charge < -0.3 is 19.7 Å². The van der Waals surface area contributed by atoms with Crippen LogP contribution in [0.5, 0.6) is 11.5 Å². The second-order valence-electron chi connectivity index (χ2n) is 7.65. The standard InChI is InChI=1S/C25H34N2O4/c1-6-18(3)26-25(29)19(4)27(16-21-9-8-10-23(15-21)30-5)24(28)17-31-22-13-11-20(7-2)12-14-22/h8-15,18-19H,6-7,16-17H2,1-5H3,(H,26,29)/t18-,19-/m1/s1. The molecule has 2 amide bonds. The molecule has 0 radical (unpaired) electrons. The van der Waals surface area contributed by atoms with Crippen molar-refractivity contribution in [3.63, 3.8) is 0 Å². The molecule has 0 unspecified atom stereocenters. The highest BCUT2D eigenvalue weighted by Gasteiger charge is 2.27. The Morgan fingerprint density at radius 1 is 1.00 bits per heavy atom. The summed E-state index contributed by atoms with van der Waals surface area (Å²) < 4.78 is 11.0. The molecule has 0 fully saturated rings. The second kappa shape index (κ2) is 12.0. The number of nitrogens with one attached hydrogen (secondary N) is 1. The number of benzene rings is 2. The summed E-state index contributed by atoms with van der Waals surface area (Å²) in [4.78, 5) is 27.4. The summed E-state index contributed by atoms with van der Waals surface area (Å²) in [5.74, 6) is 0.893. The van der Waals surface area contributed by atoms with Crippen molar-refractivity contribution in [1.29, 1.82) is 0 Å². The largest absolute Gasteiger partial charge is 0.497 e. The molecule has 0 bridgehead atoms. The topological polar surface area (TPSA) is 67.9 Å². The van der Waals surface area contributed by atoms with Crippen LogP contribution < -0.4 is 14.8 Å². The van der Waals surface area contributed by atoms with Crippen molar-refractivity contribution < 1.29 is 19.1 Å². The monoisotopic (exact) mass is 426 g/mol. The molecule has 0 saturated heterocycles. The highest BCUT2D eigenvalue weighted by atomic mass is 16.5. The van der Waals surface area contributed by atoms with Crippen molar-refractivity contribution >= 4 is 11.8 Å². The lowest BCUT2D eigenvalue weighted by Gasteiger charge is -2.29. The van der Waals surface area contributed by atoms with Crippen LogP contribution >= 0.6 is 0 Å². The minimum Gasteiger partial charge on any atom is -0.497 e. The minimum atomic E-state index is -0.640. The third-order valence-corrected chi connectivity index (χ3v) is 5.35. The number of hydrogen-bond donors (Lipinski definition) is 1. The summed E-state index contributed by atoms with van der Waals surface area (Å²) in [6.45, 7) is 7.92. The molecule has 168 valence electrons. The van der Waals surface area contributed by atoms with Crippen molar-refractivity contribution in [2.75, 3.05) is 13.7 Å². The van der Waals surface area contributed by atoms with Gasteiger partial charge in [0.2, 0.25) is 5.91 Å². The smallest absolute Gasteiger partial charge is 0.261 e. The van der Waals surface area contributed by atoms with Gasteiger partial charge in [0.15, 0.2) is 6.61 Å². The first-order chi connectivity index (χ1) is 14.9. The lowest BCUT2D eigenvalue weighted by molar-refractivity contribution is -0.142. The summed E-state index contributed by atoms with van der Waals surface area (Å²) in [5, 5.41) is 2.96. The molecule has 0 spiro atoms. The first kappa shape index (κ1) is 24.3. The zero-order chi connectivity index (χ0) is 22.8. The Bertz CT molecular complexity index is 851. The van der Waals surface area contributed by atoms with Gasteiger partial charge in [-0.25, -0.2) is 0 Å². The number of ether oxygens (including phenoxy) is 2. The van der Waals surface area contributed by atoms with Gasteiger partial charge in [0, 0.05) is 12.6 Å². The van der Waals surface area contributed by atoms with Crippen LogP contribution in [0.1, 0.15) is 45.2 Å². The Kier molecular flexibility index (Phi) is 9.38. The van der Waals surface area contributed by atoms with Crippen LogP contribution in [-0.4, -0.2) is 42.5 Å². The Morgan fingerprint density at radius 2 is 1.71 bits per heavy atom. The zero-order valence-electron chi connectivity index (χ0n) is 19.2. The first-order valence-corrected chi connectivity index (χ1v) is 10.8. The molecule has 6 nitrogen and oxygen atoms in total. The molecule has 31 heavy (non-hydrogen) atoms. The number of methoxy groups -OCH3 is 1. The van der Waals surface area contributed by atoms with Gasteiger partial charge in [0.1, 0.15) is 17.5 Å². The molecule has 2 rings (SSSR count). The van der Waals surface area contributed by atoms with Gasteiger partial charge in [-0.1, -0.05) is 38.1 Å². The zero-order valence-corrected chi connectivity index (χ0v) is 19.2. The van der Waals surface area contributed by atoms with Gasteiger partial charge in [-0.05, 0) is 62.1 Å². The van der Waals surface area contributed by atoms with E-state index in [2.05, 4.69) is 12.2 Å². The average molecular weight is 427 g/mol. The fourth-order valence-electron chi connectivity index (χ4n) is 3.07. The van der Waals surface area contributed by atoms with Crippen LogP contribution in [0.3, 0.4) is 0 Å². The Morgan fingerprint density at radius 3 is 2.32 bits per heavy atom. The molecule has 0 aliphatic rings. The van der Waals surface area contributed by atoms with E-state index in [0.717, 1.165) is 18.4 Å². The van der Waals surface area contributed by atoms with Gasteiger partial charge in [-0.3, -0.25) is 9.59 Å². The highest BCUT2D eigenvalue weighted by Crippen LogP contribution is 2.17. The predicted molar refractivity (Wildman–Crippen MR) is 122 cm³/mol. The molecule has 0 aliphatic heterocycles. The number of carbonyl (C=O) groups is 2. The second-order valence-corrected chi connectivity index (χ2v) is 7.65. The van der Waals surface area contributed by atoms with Crippen LogP contribution in [0.15, 0.2) is 48.5 Å². The van der Waals surface area contributed by atoms with E-state index in [1.807, 2.05) is 62.4 Å². The molecule has 0 saturated carbocycles.